The number of ether oxygens (including phenoxy) is 1. The summed E-state index contributed by atoms with van der Waals surface area (Å²) in [5.74, 6) is 3.48. The number of benzene rings is 2. The van der Waals surface area contributed by atoms with E-state index in [0.29, 0.717) is 0 Å². The summed E-state index contributed by atoms with van der Waals surface area (Å²) in [4.78, 5) is 22.9. The summed E-state index contributed by atoms with van der Waals surface area (Å²) in [6.07, 6.45) is 7.02. The Morgan fingerprint density at radius 3 is 2.79 bits per heavy atom. The number of amides is 1. The normalized spacial score (nSPS) is 19.9. The Morgan fingerprint density at radius 1 is 1.29 bits per heavy atom. The van der Waals surface area contributed by atoms with Crippen molar-refractivity contribution in [1.29, 1.82) is 0 Å². The molecule has 28 heavy (non-hydrogen) atoms. The first-order chi connectivity index (χ1) is 13.3. The molecular formula is C23H25N3O2. The van der Waals surface area contributed by atoms with Crippen LogP contribution >= 0.6 is 0 Å². The Kier molecular flexibility index (Phi) is 4.30. The molecule has 1 amide bonds. The molecule has 2 heterocycles. The second kappa shape index (κ2) is 6.56. The van der Waals surface area contributed by atoms with Gasteiger partial charge in [-0.3, -0.25) is 4.90 Å². The van der Waals surface area contributed by atoms with Crippen molar-refractivity contribution in [3.05, 3.63) is 41.7 Å². The molecule has 5 nitrogen and oxygen atoms in total. The van der Waals surface area contributed by atoms with Gasteiger partial charge in [-0.05, 0) is 64.1 Å². The quantitative estimate of drug-likeness (QED) is 0.598. The first kappa shape index (κ1) is 18.4. The first-order valence-electron chi connectivity index (χ1n) is 9.67. The van der Waals surface area contributed by atoms with E-state index < -0.39 is 5.60 Å². The minimum Gasteiger partial charge on any atom is -0.444 e. The van der Waals surface area contributed by atoms with Gasteiger partial charge >= 0.3 is 6.09 Å². The molecule has 1 N–H and O–H groups in total. The molecule has 3 aromatic rings. The summed E-state index contributed by atoms with van der Waals surface area (Å²) in [5, 5.41) is 2.15. The molecule has 0 unspecified atom stereocenters. The number of fused-ring (bicyclic) bond motifs is 3. The molecule has 1 aromatic heterocycles. The number of rotatable bonds is 1. The van der Waals surface area contributed by atoms with Crippen molar-refractivity contribution in [2.24, 2.45) is 0 Å². The summed E-state index contributed by atoms with van der Waals surface area (Å²) in [5.41, 5.74) is 2.19. The molecule has 1 aliphatic heterocycles. The van der Waals surface area contributed by atoms with Gasteiger partial charge in [-0.1, -0.05) is 18.1 Å². The van der Waals surface area contributed by atoms with Crippen molar-refractivity contribution in [3.8, 4) is 12.3 Å². The molecule has 0 radical (unpaired) electrons. The number of hydrogen-bond acceptors (Lipinski definition) is 3. The lowest BCUT2D eigenvalue weighted by Crippen LogP contribution is -2.40. The fraction of sp³-hybridized carbons (Fsp3) is 0.391. The van der Waals surface area contributed by atoms with Crippen LogP contribution in [0, 0.1) is 12.3 Å². The largest absolute Gasteiger partial charge is 0.444 e. The van der Waals surface area contributed by atoms with Crippen LogP contribution in [0.1, 0.15) is 58.0 Å². The molecule has 4 rings (SSSR count). The second-order valence-corrected chi connectivity index (χ2v) is 8.49. The zero-order valence-corrected chi connectivity index (χ0v) is 16.7. The van der Waals surface area contributed by atoms with Crippen molar-refractivity contribution >= 4 is 27.9 Å². The van der Waals surface area contributed by atoms with E-state index >= 15 is 0 Å². The van der Waals surface area contributed by atoms with Crippen LogP contribution in [-0.4, -0.2) is 32.6 Å². The first-order valence-corrected chi connectivity index (χ1v) is 9.67. The summed E-state index contributed by atoms with van der Waals surface area (Å²) in [6.45, 7) is 7.72. The van der Waals surface area contributed by atoms with Gasteiger partial charge in [0.1, 0.15) is 11.4 Å². The van der Waals surface area contributed by atoms with Crippen LogP contribution in [0.25, 0.3) is 21.8 Å². The van der Waals surface area contributed by atoms with E-state index in [-0.39, 0.29) is 18.2 Å². The maximum atomic E-state index is 12.8. The van der Waals surface area contributed by atoms with E-state index in [1.807, 2.05) is 56.0 Å². The lowest BCUT2D eigenvalue weighted by atomic mass is 10.1. The standard InChI is InChI=1S/C23H25N3O2/c1-6-15-8-10-17-16(13-15)9-11-18-20(17)25-21(24-18)19-12-7-14(2)26(19)22(27)28-23(3,4)5/h1,8-11,13-14,19H,7,12H2,2-5H3,(H,24,25)/t14-,19-/m0/s1. The molecule has 0 saturated carbocycles. The van der Waals surface area contributed by atoms with Gasteiger partial charge < -0.3 is 9.72 Å². The molecule has 2 atom stereocenters. The van der Waals surface area contributed by atoms with Gasteiger partial charge in [-0.2, -0.15) is 0 Å². The maximum absolute atomic E-state index is 12.8. The molecule has 144 valence electrons. The van der Waals surface area contributed by atoms with Crippen LogP contribution in [0.3, 0.4) is 0 Å². The molecule has 5 heteroatoms. The highest BCUT2D eigenvalue weighted by molar-refractivity contribution is 6.04. The zero-order valence-electron chi connectivity index (χ0n) is 16.7. The number of terminal acetylenes is 1. The number of likely N-dealkylation sites (tertiary alicyclic amines) is 1. The van der Waals surface area contributed by atoms with E-state index in [0.717, 1.165) is 46.0 Å². The van der Waals surface area contributed by atoms with Crippen LogP contribution < -0.4 is 0 Å². The Morgan fingerprint density at radius 2 is 2.07 bits per heavy atom. The summed E-state index contributed by atoms with van der Waals surface area (Å²) < 4.78 is 5.64. The van der Waals surface area contributed by atoms with E-state index in [9.17, 15) is 4.79 Å². The van der Waals surface area contributed by atoms with Gasteiger partial charge in [0.15, 0.2) is 0 Å². The summed E-state index contributed by atoms with van der Waals surface area (Å²) >= 11 is 0. The Labute approximate surface area is 165 Å². The highest BCUT2D eigenvalue weighted by Crippen LogP contribution is 2.37. The number of aromatic amines is 1. The zero-order chi connectivity index (χ0) is 20.1. The van der Waals surface area contributed by atoms with Crippen LogP contribution in [0.4, 0.5) is 4.79 Å². The van der Waals surface area contributed by atoms with E-state index in [2.05, 4.69) is 17.8 Å². The number of aromatic nitrogens is 2. The maximum Gasteiger partial charge on any atom is 0.411 e. The van der Waals surface area contributed by atoms with Crippen molar-refractivity contribution in [2.45, 2.75) is 58.2 Å². The molecular weight excluding hydrogens is 350 g/mol. The minimum atomic E-state index is -0.525. The fourth-order valence-corrected chi connectivity index (χ4v) is 3.95. The molecule has 0 bridgehead atoms. The lowest BCUT2D eigenvalue weighted by molar-refractivity contribution is 0.0152. The third kappa shape index (κ3) is 3.20. The third-order valence-corrected chi connectivity index (χ3v) is 5.25. The predicted octanol–water partition coefficient (Wildman–Crippen LogP) is 5.16. The number of nitrogens with one attached hydrogen (secondary N) is 1. The number of carbonyl (C=O) groups is 1. The lowest BCUT2D eigenvalue weighted by Gasteiger charge is -2.30. The SMILES string of the molecule is C#Cc1ccc2c(ccc3nc([C@@H]4CC[C@H](C)N4C(=O)OC(C)(C)C)[nH]c32)c1. The number of nitrogens with zero attached hydrogens (tertiary/aromatic N) is 2. The molecule has 0 aliphatic carbocycles. The number of H-pyrrole nitrogens is 1. The molecule has 0 spiro atoms. The molecule has 1 fully saturated rings. The fourth-order valence-electron chi connectivity index (χ4n) is 3.95. The van der Waals surface area contributed by atoms with Gasteiger partial charge in [0.05, 0.1) is 17.1 Å². The van der Waals surface area contributed by atoms with E-state index in [1.54, 1.807) is 0 Å². The number of carbonyl (C=O) groups excluding carboxylic acids is 1. The van der Waals surface area contributed by atoms with Crippen LogP contribution in [0.5, 0.6) is 0 Å². The molecule has 2 aromatic carbocycles. The van der Waals surface area contributed by atoms with Crippen molar-refractivity contribution in [1.82, 2.24) is 14.9 Å². The summed E-state index contributed by atoms with van der Waals surface area (Å²) in [6, 6.07) is 9.99. The Bertz CT molecular complexity index is 1100. The number of hydrogen-bond donors (Lipinski definition) is 1. The smallest absolute Gasteiger partial charge is 0.411 e. The minimum absolute atomic E-state index is 0.114. The van der Waals surface area contributed by atoms with Crippen LogP contribution in [0.15, 0.2) is 30.3 Å². The average Bonchev–Trinajstić information content (AvgIpc) is 3.22. The Balaban J connectivity index is 1.74. The third-order valence-electron chi connectivity index (χ3n) is 5.25. The van der Waals surface area contributed by atoms with Gasteiger partial charge in [0.25, 0.3) is 0 Å². The highest BCUT2D eigenvalue weighted by Gasteiger charge is 2.39. The van der Waals surface area contributed by atoms with Crippen molar-refractivity contribution < 1.29 is 9.53 Å². The topological polar surface area (TPSA) is 58.2 Å². The van der Waals surface area contributed by atoms with Gasteiger partial charge in [0, 0.05) is 17.0 Å². The average molecular weight is 375 g/mol. The van der Waals surface area contributed by atoms with E-state index in [1.165, 1.54) is 0 Å². The van der Waals surface area contributed by atoms with Crippen molar-refractivity contribution in [3.63, 3.8) is 0 Å². The summed E-state index contributed by atoms with van der Waals surface area (Å²) in [7, 11) is 0. The van der Waals surface area contributed by atoms with Crippen LogP contribution in [0.2, 0.25) is 0 Å². The van der Waals surface area contributed by atoms with Crippen LogP contribution in [-0.2, 0) is 4.74 Å². The van der Waals surface area contributed by atoms with Crippen molar-refractivity contribution in [2.75, 3.05) is 0 Å². The van der Waals surface area contributed by atoms with E-state index in [4.69, 9.17) is 16.1 Å². The van der Waals surface area contributed by atoms with Gasteiger partial charge in [0.2, 0.25) is 0 Å². The second-order valence-electron chi connectivity index (χ2n) is 8.49. The monoisotopic (exact) mass is 375 g/mol. The highest BCUT2D eigenvalue weighted by atomic mass is 16.6. The molecule has 1 saturated heterocycles. The predicted molar refractivity (Wildman–Crippen MR) is 111 cm³/mol. The van der Waals surface area contributed by atoms with Gasteiger partial charge in [-0.25, -0.2) is 9.78 Å². The van der Waals surface area contributed by atoms with Gasteiger partial charge in [-0.15, -0.1) is 6.42 Å². The molecule has 1 aliphatic rings. The Hall–Kier alpha value is -3.00. The number of imidazole rings is 1.